The molecule has 2 aromatic heterocycles. The monoisotopic (exact) mass is 278 g/mol. The van der Waals surface area contributed by atoms with Crippen molar-refractivity contribution in [3.05, 3.63) is 40.9 Å². The molecule has 0 unspecified atom stereocenters. The molecule has 0 saturated carbocycles. The van der Waals surface area contributed by atoms with Crippen molar-refractivity contribution in [1.82, 2.24) is 15.2 Å². The van der Waals surface area contributed by atoms with E-state index in [9.17, 15) is 4.79 Å². The highest BCUT2D eigenvalue weighted by Crippen LogP contribution is 2.23. The van der Waals surface area contributed by atoms with E-state index in [2.05, 4.69) is 20.5 Å². The largest absolute Gasteiger partial charge is 0.319 e. The van der Waals surface area contributed by atoms with Crippen LogP contribution in [-0.4, -0.2) is 21.1 Å². The van der Waals surface area contributed by atoms with Crippen LogP contribution in [-0.2, 0) is 5.41 Å². The van der Waals surface area contributed by atoms with Gasteiger partial charge in [-0.1, -0.05) is 32.4 Å². The van der Waals surface area contributed by atoms with Gasteiger partial charge in [-0.05, 0) is 12.1 Å². The van der Waals surface area contributed by atoms with Crippen molar-refractivity contribution in [2.75, 3.05) is 5.32 Å². The van der Waals surface area contributed by atoms with Crippen LogP contribution in [0.2, 0.25) is 5.15 Å². The number of aromatic amines is 1. The van der Waals surface area contributed by atoms with Gasteiger partial charge in [-0.25, -0.2) is 4.98 Å². The van der Waals surface area contributed by atoms with Gasteiger partial charge in [0.2, 0.25) is 0 Å². The summed E-state index contributed by atoms with van der Waals surface area (Å²) in [5.41, 5.74) is 1.69. The highest BCUT2D eigenvalue weighted by molar-refractivity contribution is 6.29. The Morgan fingerprint density at radius 1 is 1.37 bits per heavy atom. The summed E-state index contributed by atoms with van der Waals surface area (Å²) in [6.07, 6.45) is 3.14. The second-order valence-corrected chi connectivity index (χ2v) is 5.64. The number of amides is 1. The van der Waals surface area contributed by atoms with Crippen molar-refractivity contribution in [3.63, 3.8) is 0 Å². The Morgan fingerprint density at radius 2 is 2.11 bits per heavy atom. The zero-order valence-electron chi connectivity index (χ0n) is 11.0. The number of anilines is 1. The number of H-pyrrole nitrogens is 1. The van der Waals surface area contributed by atoms with Gasteiger partial charge in [0.05, 0.1) is 11.9 Å². The van der Waals surface area contributed by atoms with Gasteiger partial charge in [-0.2, -0.15) is 5.10 Å². The maximum Gasteiger partial charge on any atom is 0.255 e. The van der Waals surface area contributed by atoms with E-state index in [1.807, 2.05) is 20.8 Å². The number of nitrogens with zero attached hydrogens (tertiary/aromatic N) is 2. The summed E-state index contributed by atoms with van der Waals surface area (Å²) in [7, 11) is 0. The number of hydrogen-bond donors (Lipinski definition) is 2. The van der Waals surface area contributed by atoms with Crippen LogP contribution in [0.15, 0.2) is 24.5 Å². The summed E-state index contributed by atoms with van der Waals surface area (Å²) in [5.74, 6) is -0.240. The smallest absolute Gasteiger partial charge is 0.255 e. The van der Waals surface area contributed by atoms with E-state index in [0.717, 1.165) is 5.69 Å². The highest BCUT2D eigenvalue weighted by Gasteiger charge is 2.19. The minimum Gasteiger partial charge on any atom is -0.319 e. The van der Waals surface area contributed by atoms with Crippen molar-refractivity contribution >= 4 is 23.2 Å². The number of carbonyl (C=O) groups is 1. The van der Waals surface area contributed by atoms with Gasteiger partial charge in [0, 0.05) is 22.9 Å². The van der Waals surface area contributed by atoms with E-state index in [0.29, 0.717) is 16.4 Å². The first-order valence-electron chi connectivity index (χ1n) is 5.84. The van der Waals surface area contributed by atoms with Crippen molar-refractivity contribution in [3.8, 4) is 0 Å². The number of pyridine rings is 1. The number of rotatable bonds is 2. The fourth-order valence-corrected chi connectivity index (χ4v) is 1.74. The van der Waals surface area contributed by atoms with Gasteiger partial charge in [0.15, 0.2) is 0 Å². The molecule has 0 aromatic carbocycles. The van der Waals surface area contributed by atoms with Crippen LogP contribution < -0.4 is 5.32 Å². The molecule has 2 heterocycles. The Labute approximate surface area is 116 Å². The van der Waals surface area contributed by atoms with Crippen molar-refractivity contribution in [2.45, 2.75) is 26.2 Å². The molecule has 0 radical (unpaired) electrons. The molecule has 0 aliphatic heterocycles. The van der Waals surface area contributed by atoms with Crippen LogP contribution in [0.1, 0.15) is 36.8 Å². The molecule has 0 bridgehead atoms. The third kappa shape index (κ3) is 3.32. The van der Waals surface area contributed by atoms with Crippen LogP contribution in [0.5, 0.6) is 0 Å². The van der Waals surface area contributed by atoms with Crippen molar-refractivity contribution < 1.29 is 4.79 Å². The molecule has 6 heteroatoms. The summed E-state index contributed by atoms with van der Waals surface area (Å²) in [6, 6.07) is 3.30. The molecule has 0 aliphatic rings. The van der Waals surface area contributed by atoms with Crippen LogP contribution in [0.4, 0.5) is 5.69 Å². The van der Waals surface area contributed by atoms with Gasteiger partial charge >= 0.3 is 0 Å². The predicted octanol–water partition coefficient (Wildman–Crippen LogP) is 3.01. The normalized spacial score (nSPS) is 11.4. The molecule has 1 amide bonds. The highest BCUT2D eigenvalue weighted by atomic mass is 35.5. The molecular formula is C13H15ClN4O. The standard InChI is InChI=1S/C13H15ClN4O/c1-13(2,3)10-4-8(5-11(14)18-10)12(19)17-9-6-15-16-7-9/h4-7H,1-3H3,(H,15,16)(H,17,19). The average molecular weight is 279 g/mol. The zero-order valence-corrected chi connectivity index (χ0v) is 11.7. The van der Waals surface area contributed by atoms with Crippen molar-refractivity contribution in [2.24, 2.45) is 0 Å². The zero-order chi connectivity index (χ0) is 14.0. The molecule has 100 valence electrons. The molecule has 2 rings (SSSR count). The van der Waals surface area contributed by atoms with Crippen LogP contribution >= 0.6 is 11.6 Å². The maximum atomic E-state index is 12.1. The Balaban J connectivity index is 2.29. The summed E-state index contributed by atoms with van der Waals surface area (Å²) in [5, 5.41) is 9.43. The number of nitrogens with one attached hydrogen (secondary N) is 2. The van der Waals surface area contributed by atoms with Crippen LogP contribution in [0, 0.1) is 0 Å². The van der Waals surface area contributed by atoms with E-state index in [1.165, 1.54) is 6.20 Å². The number of halogens is 1. The fraction of sp³-hybridized carbons (Fsp3) is 0.308. The molecule has 19 heavy (non-hydrogen) atoms. The molecule has 0 aliphatic carbocycles. The van der Waals surface area contributed by atoms with Gasteiger partial charge in [0.25, 0.3) is 5.91 Å². The first-order chi connectivity index (χ1) is 8.86. The maximum absolute atomic E-state index is 12.1. The number of aromatic nitrogens is 3. The predicted molar refractivity (Wildman–Crippen MR) is 74.5 cm³/mol. The minimum absolute atomic E-state index is 0.171. The van der Waals surface area contributed by atoms with Gasteiger partial charge in [-0.15, -0.1) is 0 Å². The Morgan fingerprint density at radius 3 is 2.68 bits per heavy atom. The lowest BCUT2D eigenvalue weighted by atomic mass is 9.91. The average Bonchev–Trinajstić information content (AvgIpc) is 2.79. The van der Waals surface area contributed by atoms with E-state index < -0.39 is 0 Å². The van der Waals surface area contributed by atoms with Crippen molar-refractivity contribution in [1.29, 1.82) is 0 Å². The summed E-state index contributed by atoms with van der Waals surface area (Å²) < 4.78 is 0. The molecule has 0 spiro atoms. The summed E-state index contributed by atoms with van der Waals surface area (Å²) >= 11 is 5.97. The Bertz CT molecular complexity index is 587. The molecular weight excluding hydrogens is 264 g/mol. The third-order valence-electron chi connectivity index (χ3n) is 2.58. The molecule has 5 nitrogen and oxygen atoms in total. The van der Waals surface area contributed by atoms with E-state index >= 15 is 0 Å². The molecule has 0 fully saturated rings. The van der Waals surface area contributed by atoms with Gasteiger partial charge in [0.1, 0.15) is 5.15 Å². The van der Waals surface area contributed by atoms with Crippen LogP contribution in [0.25, 0.3) is 0 Å². The lowest BCUT2D eigenvalue weighted by Crippen LogP contribution is -2.17. The lowest BCUT2D eigenvalue weighted by Gasteiger charge is -2.18. The first kappa shape index (κ1) is 13.5. The second kappa shape index (κ2) is 5.01. The second-order valence-electron chi connectivity index (χ2n) is 5.25. The van der Waals surface area contributed by atoms with Gasteiger partial charge in [-0.3, -0.25) is 9.89 Å². The third-order valence-corrected chi connectivity index (χ3v) is 2.77. The Kier molecular flexibility index (Phi) is 3.57. The van der Waals surface area contributed by atoms with E-state index in [-0.39, 0.29) is 11.3 Å². The number of hydrogen-bond acceptors (Lipinski definition) is 3. The van der Waals surface area contributed by atoms with Crippen LogP contribution in [0.3, 0.4) is 0 Å². The lowest BCUT2D eigenvalue weighted by molar-refractivity contribution is 0.102. The van der Waals surface area contributed by atoms with Gasteiger partial charge < -0.3 is 5.32 Å². The summed E-state index contributed by atoms with van der Waals surface area (Å²) in [6.45, 7) is 6.05. The molecule has 0 atom stereocenters. The van der Waals surface area contributed by atoms with E-state index in [1.54, 1.807) is 18.3 Å². The minimum atomic E-state index is -0.240. The molecule has 2 aromatic rings. The quantitative estimate of drug-likeness (QED) is 0.830. The topological polar surface area (TPSA) is 70.7 Å². The van der Waals surface area contributed by atoms with E-state index in [4.69, 9.17) is 11.6 Å². The molecule has 2 N–H and O–H groups in total. The first-order valence-corrected chi connectivity index (χ1v) is 6.22. The summed E-state index contributed by atoms with van der Waals surface area (Å²) in [4.78, 5) is 16.4. The molecule has 0 saturated heterocycles. The fourth-order valence-electron chi connectivity index (χ4n) is 1.53. The Hall–Kier alpha value is -1.88. The SMILES string of the molecule is CC(C)(C)c1cc(C(=O)Nc2cn[nH]c2)cc(Cl)n1. The number of carbonyl (C=O) groups excluding carboxylic acids is 1.